The maximum Gasteiger partial charge on any atom is 0.250 e. The molecule has 19 heavy (non-hydrogen) atoms. The molecule has 0 amide bonds. The van der Waals surface area contributed by atoms with Crippen LogP contribution in [0.25, 0.3) is 0 Å². The van der Waals surface area contributed by atoms with E-state index in [1.165, 1.54) is 17.4 Å². The van der Waals surface area contributed by atoms with Crippen LogP contribution in [-0.4, -0.2) is 19.9 Å². The molecule has 0 aromatic carbocycles. The summed E-state index contributed by atoms with van der Waals surface area (Å²) in [6.07, 6.45) is 1.71. The van der Waals surface area contributed by atoms with Crippen LogP contribution in [0.3, 0.4) is 0 Å². The second kappa shape index (κ2) is 6.19. The minimum atomic E-state index is -3.52. The van der Waals surface area contributed by atoms with Crippen LogP contribution < -0.4 is 4.72 Å². The van der Waals surface area contributed by atoms with Crippen LogP contribution in [0.2, 0.25) is 5.02 Å². The van der Waals surface area contributed by atoms with Gasteiger partial charge in [0, 0.05) is 24.0 Å². The quantitative estimate of drug-likeness (QED) is 0.831. The topological polar surface area (TPSA) is 59.1 Å². The molecule has 0 aliphatic heterocycles. The first-order chi connectivity index (χ1) is 8.90. The molecule has 2 rings (SSSR count). The van der Waals surface area contributed by atoms with Crippen molar-refractivity contribution in [2.75, 3.05) is 6.54 Å². The zero-order valence-corrected chi connectivity index (χ0v) is 14.6. The Morgan fingerprint density at radius 2 is 2.32 bits per heavy atom. The third-order valence-corrected chi connectivity index (χ3v) is 7.72. The molecule has 4 nitrogen and oxygen atoms in total. The summed E-state index contributed by atoms with van der Waals surface area (Å²) in [5, 5.41) is 3.18. The second-order valence-corrected chi connectivity index (χ2v) is 9.51. The van der Waals surface area contributed by atoms with Crippen LogP contribution in [-0.2, 0) is 10.0 Å². The largest absolute Gasteiger partial charge is 0.250 e. The summed E-state index contributed by atoms with van der Waals surface area (Å²) in [6.45, 7) is 2.24. The predicted molar refractivity (Wildman–Crippen MR) is 82.7 cm³/mol. The lowest BCUT2D eigenvalue weighted by Gasteiger charge is -2.09. The second-order valence-electron chi connectivity index (χ2n) is 3.81. The molecule has 0 saturated heterocycles. The Bertz CT molecular complexity index is 635. The average Bonchev–Trinajstić information content (AvgIpc) is 2.98. The Labute approximate surface area is 133 Å². The molecular formula is C10H10BrClN2O2S3. The van der Waals surface area contributed by atoms with E-state index in [0.29, 0.717) is 15.4 Å². The molecular weight excluding hydrogens is 392 g/mol. The highest BCUT2D eigenvalue weighted by atomic mass is 79.9. The van der Waals surface area contributed by atoms with Crippen molar-refractivity contribution in [1.29, 1.82) is 0 Å². The normalized spacial score (nSPS) is 13.6. The summed E-state index contributed by atoms with van der Waals surface area (Å²) in [5.41, 5.74) is 0. The molecule has 2 aromatic heterocycles. The van der Waals surface area contributed by atoms with Gasteiger partial charge in [-0.15, -0.1) is 22.7 Å². The number of hydrogen-bond acceptors (Lipinski definition) is 5. The minimum Gasteiger partial charge on any atom is -0.249 e. The monoisotopic (exact) mass is 400 g/mol. The zero-order valence-electron chi connectivity index (χ0n) is 9.76. The van der Waals surface area contributed by atoms with Crippen molar-refractivity contribution in [3.05, 3.63) is 31.5 Å². The molecule has 9 heteroatoms. The summed E-state index contributed by atoms with van der Waals surface area (Å²) >= 11 is 11.7. The van der Waals surface area contributed by atoms with Gasteiger partial charge in [-0.2, -0.15) is 0 Å². The number of halogens is 2. The molecule has 0 saturated carbocycles. The van der Waals surface area contributed by atoms with Crippen molar-refractivity contribution in [1.82, 2.24) is 9.71 Å². The number of thiophene rings is 1. The van der Waals surface area contributed by atoms with Crippen molar-refractivity contribution in [3.63, 3.8) is 0 Å². The Hall–Kier alpha value is 0.01000. The summed E-state index contributed by atoms with van der Waals surface area (Å²) in [6, 6.07) is 1.44. The van der Waals surface area contributed by atoms with Crippen LogP contribution >= 0.6 is 50.2 Å². The van der Waals surface area contributed by atoms with Gasteiger partial charge in [0.1, 0.15) is 4.21 Å². The van der Waals surface area contributed by atoms with Crippen LogP contribution in [0.4, 0.5) is 0 Å². The molecule has 104 valence electrons. The van der Waals surface area contributed by atoms with E-state index in [-0.39, 0.29) is 10.1 Å². The number of nitrogens with one attached hydrogen (secondary N) is 1. The Morgan fingerprint density at radius 1 is 1.58 bits per heavy atom. The van der Waals surface area contributed by atoms with Gasteiger partial charge >= 0.3 is 0 Å². The third kappa shape index (κ3) is 3.77. The van der Waals surface area contributed by atoms with E-state index < -0.39 is 10.0 Å². The van der Waals surface area contributed by atoms with E-state index in [1.807, 2.05) is 12.3 Å². The van der Waals surface area contributed by atoms with Gasteiger partial charge in [0.2, 0.25) is 10.0 Å². The van der Waals surface area contributed by atoms with E-state index in [1.54, 1.807) is 6.20 Å². The highest BCUT2D eigenvalue weighted by molar-refractivity contribution is 9.11. The Kier molecular flexibility index (Phi) is 5.02. The van der Waals surface area contributed by atoms with E-state index in [2.05, 4.69) is 25.6 Å². The van der Waals surface area contributed by atoms with Crippen LogP contribution in [0.15, 0.2) is 25.6 Å². The Morgan fingerprint density at radius 3 is 2.84 bits per heavy atom. The smallest absolute Gasteiger partial charge is 0.249 e. The molecule has 1 unspecified atom stereocenters. The van der Waals surface area contributed by atoms with Gasteiger partial charge in [-0.3, -0.25) is 0 Å². The van der Waals surface area contributed by atoms with Gasteiger partial charge in [0.15, 0.2) is 0 Å². The number of nitrogens with zero attached hydrogens (tertiary/aromatic N) is 1. The van der Waals surface area contributed by atoms with Gasteiger partial charge < -0.3 is 0 Å². The fourth-order valence-corrected chi connectivity index (χ4v) is 5.60. The summed E-state index contributed by atoms with van der Waals surface area (Å²) in [4.78, 5) is 4.17. The van der Waals surface area contributed by atoms with Crippen LogP contribution in [0, 0.1) is 0 Å². The SMILES string of the molecule is CC(CNS(=O)(=O)c1cc(Cl)c(Br)s1)c1nccs1. The van der Waals surface area contributed by atoms with Gasteiger partial charge in [-0.1, -0.05) is 18.5 Å². The molecule has 0 radical (unpaired) electrons. The molecule has 1 atom stereocenters. The highest BCUT2D eigenvalue weighted by Gasteiger charge is 2.20. The van der Waals surface area contributed by atoms with Gasteiger partial charge in [0.05, 0.1) is 13.8 Å². The van der Waals surface area contributed by atoms with E-state index in [9.17, 15) is 8.42 Å². The molecule has 0 fully saturated rings. The lowest BCUT2D eigenvalue weighted by Crippen LogP contribution is -2.27. The highest BCUT2D eigenvalue weighted by Crippen LogP contribution is 2.34. The molecule has 0 spiro atoms. The van der Waals surface area contributed by atoms with E-state index >= 15 is 0 Å². The first kappa shape index (κ1) is 15.4. The maximum atomic E-state index is 12.1. The van der Waals surface area contributed by atoms with Crippen molar-refractivity contribution in [2.24, 2.45) is 0 Å². The van der Waals surface area contributed by atoms with E-state index in [4.69, 9.17) is 11.6 Å². The fraction of sp³-hybridized carbons (Fsp3) is 0.300. The number of hydrogen-bond donors (Lipinski definition) is 1. The van der Waals surface area contributed by atoms with Crippen LogP contribution in [0.1, 0.15) is 17.8 Å². The first-order valence-corrected chi connectivity index (χ1v) is 9.59. The number of rotatable bonds is 5. The van der Waals surface area contributed by atoms with Crippen molar-refractivity contribution in [2.45, 2.75) is 17.1 Å². The third-order valence-electron chi connectivity index (χ3n) is 2.34. The molecule has 1 N–H and O–H groups in total. The summed E-state index contributed by atoms with van der Waals surface area (Å²) < 4.78 is 27.5. The minimum absolute atomic E-state index is 0.0358. The lowest BCUT2D eigenvalue weighted by molar-refractivity contribution is 0.576. The van der Waals surface area contributed by atoms with Crippen molar-refractivity contribution in [3.8, 4) is 0 Å². The van der Waals surface area contributed by atoms with Gasteiger partial charge in [-0.25, -0.2) is 18.1 Å². The predicted octanol–water partition coefficient (Wildman–Crippen LogP) is 3.70. The van der Waals surface area contributed by atoms with Gasteiger partial charge in [0.25, 0.3) is 0 Å². The molecule has 2 aromatic rings. The molecule has 0 aliphatic carbocycles. The first-order valence-electron chi connectivity index (χ1n) is 5.24. The van der Waals surface area contributed by atoms with Crippen LogP contribution in [0.5, 0.6) is 0 Å². The maximum absolute atomic E-state index is 12.1. The number of aromatic nitrogens is 1. The molecule has 0 bridgehead atoms. The standard InChI is InChI=1S/C10H10BrClN2O2S3/c1-6(10-13-2-3-17-10)5-14-19(15,16)8-4-7(12)9(11)18-8/h2-4,6,14H,5H2,1H3. The summed E-state index contributed by atoms with van der Waals surface area (Å²) in [7, 11) is -3.52. The number of sulfonamides is 1. The Balaban J connectivity index is 2.06. The lowest BCUT2D eigenvalue weighted by atomic mass is 10.2. The molecule has 2 heterocycles. The van der Waals surface area contributed by atoms with E-state index in [0.717, 1.165) is 16.3 Å². The average molecular weight is 402 g/mol. The molecule has 0 aliphatic rings. The fourth-order valence-electron chi connectivity index (χ4n) is 1.33. The number of thiazole rings is 1. The van der Waals surface area contributed by atoms with Gasteiger partial charge in [-0.05, 0) is 22.0 Å². The summed E-state index contributed by atoms with van der Waals surface area (Å²) in [5.74, 6) is 0.0358. The van der Waals surface area contributed by atoms with Crippen molar-refractivity contribution < 1.29 is 8.42 Å². The zero-order chi connectivity index (χ0) is 14.0. The van der Waals surface area contributed by atoms with Crippen molar-refractivity contribution >= 4 is 60.2 Å².